The molecule has 0 aliphatic heterocycles. The molecule has 0 aromatic heterocycles. The average Bonchev–Trinajstić information content (AvgIpc) is 2.09. The third-order valence-corrected chi connectivity index (χ3v) is 1.85. The molecule has 0 bridgehead atoms. The Hall–Kier alpha value is -1.19. The molecule has 0 spiro atoms. The second kappa shape index (κ2) is 3.99. The summed E-state index contributed by atoms with van der Waals surface area (Å²) in [6.07, 6.45) is 2.16. The van der Waals surface area contributed by atoms with Crippen molar-refractivity contribution in [1.29, 1.82) is 0 Å². The van der Waals surface area contributed by atoms with E-state index in [1.165, 1.54) is 0 Å². The highest BCUT2D eigenvalue weighted by atomic mass is 16.5. The Labute approximate surface area is 69.9 Å². The van der Waals surface area contributed by atoms with E-state index in [2.05, 4.69) is 4.74 Å². The molecule has 1 unspecified atom stereocenters. The zero-order valence-corrected chi connectivity index (χ0v) is 6.62. The van der Waals surface area contributed by atoms with Gasteiger partial charge in [0, 0.05) is 6.42 Å². The maximum Gasteiger partial charge on any atom is 0.372 e. The van der Waals surface area contributed by atoms with Gasteiger partial charge in [-0.2, -0.15) is 0 Å². The number of ether oxygens (including phenoxy) is 1. The lowest BCUT2D eigenvalue weighted by Gasteiger charge is -2.19. The van der Waals surface area contributed by atoms with Gasteiger partial charge in [-0.3, -0.25) is 9.59 Å². The number of rotatable bonds is 2. The van der Waals surface area contributed by atoms with Crippen LogP contribution in [0.15, 0.2) is 0 Å². The molecule has 1 aliphatic rings. The summed E-state index contributed by atoms with van der Waals surface area (Å²) in [6.45, 7) is 0. The number of carbonyl (C=O) groups is 3. The molecule has 1 aliphatic carbocycles. The van der Waals surface area contributed by atoms with E-state index in [4.69, 9.17) is 0 Å². The van der Waals surface area contributed by atoms with Crippen molar-refractivity contribution in [2.75, 3.05) is 0 Å². The van der Waals surface area contributed by atoms with Crippen LogP contribution in [0.5, 0.6) is 0 Å². The minimum absolute atomic E-state index is 0.0727. The summed E-state index contributed by atoms with van der Waals surface area (Å²) < 4.78 is 4.60. The maximum atomic E-state index is 11.1. The molecule has 0 aromatic carbocycles. The molecule has 4 nitrogen and oxygen atoms in total. The Morgan fingerprint density at radius 1 is 1.50 bits per heavy atom. The summed E-state index contributed by atoms with van der Waals surface area (Å²) in [4.78, 5) is 31.4. The molecule has 0 saturated heterocycles. The smallest absolute Gasteiger partial charge is 0.372 e. The van der Waals surface area contributed by atoms with Crippen molar-refractivity contribution in [3.63, 3.8) is 0 Å². The van der Waals surface area contributed by atoms with Crippen molar-refractivity contribution in [3.8, 4) is 0 Å². The molecule has 1 saturated carbocycles. The van der Waals surface area contributed by atoms with Crippen LogP contribution in [0.1, 0.15) is 25.7 Å². The Morgan fingerprint density at radius 3 is 2.83 bits per heavy atom. The van der Waals surface area contributed by atoms with Gasteiger partial charge in [-0.25, -0.2) is 4.79 Å². The predicted octanol–water partition coefficient (Wildman–Crippen LogP) is 0.240. The minimum Gasteiger partial charge on any atom is -0.449 e. The van der Waals surface area contributed by atoms with Gasteiger partial charge in [0.25, 0.3) is 0 Å². The van der Waals surface area contributed by atoms with Crippen LogP contribution in [-0.2, 0) is 19.1 Å². The van der Waals surface area contributed by atoms with Crippen LogP contribution in [0.4, 0.5) is 0 Å². The highest BCUT2D eigenvalue weighted by Crippen LogP contribution is 2.16. The summed E-state index contributed by atoms with van der Waals surface area (Å²) in [5.74, 6) is -1.02. The maximum absolute atomic E-state index is 11.1. The predicted molar refractivity (Wildman–Crippen MR) is 39.4 cm³/mol. The van der Waals surface area contributed by atoms with E-state index in [0.29, 0.717) is 12.8 Å². The lowest BCUT2D eigenvalue weighted by atomic mass is 9.96. The largest absolute Gasteiger partial charge is 0.449 e. The first-order valence-electron chi connectivity index (χ1n) is 3.92. The SMILES string of the molecule is O=CC(=O)OC1CCCCC1=O. The van der Waals surface area contributed by atoms with Gasteiger partial charge in [0.05, 0.1) is 0 Å². The van der Waals surface area contributed by atoms with Crippen molar-refractivity contribution in [1.82, 2.24) is 0 Å². The van der Waals surface area contributed by atoms with Crippen LogP contribution in [0.2, 0.25) is 0 Å². The van der Waals surface area contributed by atoms with Gasteiger partial charge in [0.1, 0.15) is 0 Å². The Kier molecular flexibility index (Phi) is 2.96. The van der Waals surface area contributed by atoms with Crippen molar-refractivity contribution < 1.29 is 19.1 Å². The number of esters is 1. The molecule has 0 heterocycles. The third kappa shape index (κ3) is 2.15. The number of carbonyl (C=O) groups excluding carboxylic acids is 3. The van der Waals surface area contributed by atoms with Crippen LogP contribution in [0.25, 0.3) is 0 Å². The van der Waals surface area contributed by atoms with E-state index >= 15 is 0 Å². The van der Waals surface area contributed by atoms with Crippen molar-refractivity contribution >= 4 is 18.0 Å². The molecule has 0 amide bonds. The third-order valence-electron chi connectivity index (χ3n) is 1.85. The van der Waals surface area contributed by atoms with Crippen molar-refractivity contribution in [2.45, 2.75) is 31.8 Å². The van der Waals surface area contributed by atoms with Gasteiger partial charge in [-0.15, -0.1) is 0 Å². The molecule has 12 heavy (non-hydrogen) atoms. The van der Waals surface area contributed by atoms with E-state index in [9.17, 15) is 14.4 Å². The second-order valence-corrected chi connectivity index (χ2v) is 2.76. The molecular weight excluding hydrogens is 160 g/mol. The number of Topliss-reactive ketones (excluding diaryl/α,β-unsaturated/α-hetero) is 1. The standard InChI is InChI=1S/C8H10O4/c9-5-8(11)12-7-4-2-1-3-6(7)10/h5,7H,1-4H2. The summed E-state index contributed by atoms with van der Waals surface area (Å²) >= 11 is 0. The first-order chi connectivity index (χ1) is 5.74. The fourth-order valence-electron chi connectivity index (χ4n) is 1.24. The van der Waals surface area contributed by atoms with Crippen LogP contribution in [-0.4, -0.2) is 24.1 Å². The van der Waals surface area contributed by atoms with Gasteiger partial charge in [-0.1, -0.05) is 0 Å². The van der Waals surface area contributed by atoms with Gasteiger partial charge < -0.3 is 4.74 Å². The zero-order valence-electron chi connectivity index (χ0n) is 6.62. The molecule has 0 radical (unpaired) electrons. The van der Waals surface area contributed by atoms with Crippen LogP contribution < -0.4 is 0 Å². The van der Waals surface area contributed by atoms with E-state index in [-0.39, 0.29) is 12.1 Å². The lowest BCUT2D eigenvalue weighted by molar-refractivity contribution is -0.158. The van der Waals surface area contributed by atoms with Gasteiger partial charge >= 0.3 is 5.97 Å². The molecule has 0 aromatic rings. The van der Waals surface area contributed by atoms with Crippen molar-refractivity contribution in [2.24, 2.45) is 0 Å². The highest BCUT2D eigenvalue weighted by molar-refractivity contribution is 6.20. The Morgan fingerprint density at radius 2 is 2.25 bits per heavy atom. The summed E-state index contributed by atoms with van der Waals surface area (Å²) in [5.41, 5.74) is 0. The first kappa shape index (κ1) is 8.90. The number of hydrogen-bond acceptors (Lipinski definition) is 4. The van der Waals surface area contributed by atoms with Crippen LogP contribution in [0.3, 0.4) is 0 Å². The normalized spacial score (nSPS) is 23.3. The molecule has 1 atom stereocenters. The average molecular weight is 170 g/mol. The monoisotopic (exact) mass is 170 g/mol. The van der Waals surface area contributed by atoms with E-state index in [0.717, 1.165) is 12.8 Å². The molecule has 1 fully saturated rings. The topological polar surface area (TPSA) is 60.4 Å². The fourth-order valence-corrected chi connectivity index (χ4v) is 1.24. The molecule has 0 N–H and O–H groups in total. The summed E-state index contributed by atoms with van der Waals surface area (Å²) in [6, 6.07) is 0. The molecule has 4 heteroatoms. The van der Waals surface area contributed by atoms with Crippen LogP contribution >= 0.6 is 0 Å². The fraction of sp³-hybridized carbons (Fsp3) is 0.625. The van der Waals surface area contributed by atoms with E-state index < -0.39 is 12.1 Å². The van der Waals surface area contributed by atoms with E-state index in [1.807, 2.05) is 0 Å². The van der Waals surface area contributed by atoms with Gasteiger partial charge in [0.2, 0.25) is 6.29 Å². The number of hydrogen-bond donors (Lipinski definition) is 0. The van der Waals surface area contributed by atoms with Crippen molar-refractivity contribution in [3.05, 3.63) is 0 Å². The molecule has 1 rings (SSSR count). The van der Waals surface area contributed by atoms with Gasteiger partial charge in [0.15, 0.2) is 11.9 Å². The van der Waals surface area contributed by atoms with Gasteiger partial charge in [-0.05, 0) is 19.3 Å². The number of ketones is 1. The highest BCUT2D eigenvalue weighted by Gasteiger charge is 2.25. The van der Waals surface area contributed by atoms with E-state index in [1.54, 1.807) is 0 Å². The lowest BCUT2D eigenvalue weighted by Crippen LogP contribution is -2.30. The Balaban J connectivity index is 2.44. The second-order valence-electron chi connectivity index (χ2n) is 2.76. The summed E-state index contributed by atoms with van der Waals surface area (Å²) in [7, 11) is 0. The van der Waals surface area contributed by atoms with Crippen LogP contribution in [0, 0.1) is 0 Å². The summed E-state index contributed by atoms with van der Waals surface area (Å²) in [5, 5.41) is 0. The first-order valence-corrected chi connectivity index (χ1v) is 3.92. The minimum atomic E-state index is -0.949. The quantitative estimate of drug-likeness (QED) is 0.338. The molecular formula is C8H10O4. The zero-order chi connectivity index (χ0) is 8.97. The molecule has 66 valence electrons. The number of aldehydes is 1. The Bertz CT molecular complexity index is 209.